The summed E-state index contributed by atoms with van der Waals surface area (Å²) in [6.07, 6.45) is 14.6. The van der Waals surface area contributed by atoms with Crippen molar-refractivity contribution in [2.24, 2.45) is 0 Å². The van der Waals surface area contributed by atoms with E-state index in [0.717, 1.165) is 18.4 Å². The summed E-state index contributed by atoms with van der Waals surface area (Å²) < 4.78 is 0. The largest absolute Gasteiger partial charge is 0.506 e. The molecule has 0 saturated heterocycles. The van der Waals surface area contributed by atoms with Gasteiger partial charge in [-0.3, -0.25) is 4.79 Å². The fourth-order valence-electron chi connectivity index (χ4n) is 3.27. The van der Waals surface area contributed by atoms with E-state index < -0.39 is 0 Å². The fraction of sp³-hybridized carbons (Fsp3) is 0.708. The van der Waals surface area contributed by atoms with E-state index in [-0.39, 0.29) is 17.1 Å². The third-order valence-corrected chi connectivity index (χ3v) is 5.14. The van der Waals surface area contributed by atoms with Gasteiger partial charge in [-0.05, 0) is 29.5 Å². The van der Waals surface area contributed by atoms with Crippen molar-refractivity contribution in [1.29, 1.82) is 0 Å². The molecule has 1 aromatic carbocycles. The molecule has 1 amide bonds. The fourth-order valence-corrected chi connectivity index (χ4v) is 3.27. The van der Waals surface area contributed by atoms with Crippen LogP contribution >= 0.6 is 0 Å². The predicted octanol–water partition coefficient (Wildman–Crippen LogP) is 7.33. The van der Waals surface area contributed by atoms with Crippen molar-refractivity contribution in [3.63, 3.8) is 0 Å². The minimum atomic E-state index is -0.0107. The summed E-state index contributed by atoms with van der Waals surface area (Å²) in [5, 5.41) is 12.9. The smallest absolute Gasteiger partial charge is 0.224 e. The van der Waals surface area contributed by atoms with Crippen LogP contribution in [0.5, 0.6) is 5.75 Å². The third kappa shape index (κ3) is 10.4. The minimum absolute atomic E-state index is 0.00715. The summed E-state index contributed by atoms with van der Waals surface area (Å²) >= 11 is 0. The number of unbranched alkanes of at least 4 members (excludes halogenated alkanes) is 10. The van der Waals surface area contributed by atoms with Gasteiger partial charge in [0.2, 0.25) is 5.91 Å². The molecule has 0 aliphatic heterocycles. The maximum atomic E-state index is 12.2. The van der Waals surface area contributed by atoms with Crippen LogP contribution < -0.4 is 5.32 Å². The van der Waals surface area contributed by atoms with Crippen LogP contribution in [0.1, 0.15) is 110 Å². The Labute approximate surface area is 167 Å². The molecule has 3 heteroatoms. The quantitative estimate of drug-likeness (QED) is 0.280. The number of rotatable bonds is 13. The average molecular weight is 376 g/mol. The van der Waals surface area contributed by atoms with Crippen LogP contribution in [0.25, 0.3) is 0 Å². The molecule has 0 unspecified atom stereocenters. The lowest BCUT2D eigenvalue weighted by Crippen LogP contribution is -2.14. The number of carbonyl (C=O) groups is 1. The van der Waals surface area contributed by atoms with E-state index in [0.29, 0.717) is 12.1 Å². The molecular formula is C24H41NO2. The van der Waals surface area contributed by atoms with E-state index in [4.69, 9.17) is 0 Å². The molecule has 1 rings (SSSR count). The van der Waals surface area contributed by atoms with Crippen LogP contribution in [-0.4, -0.2) is 11.0 Å². The molecule has 27 heavy (non-hydrogen) atoms. The number of anilines is 1. The summed E-state index contributed by atoms with van der Waals surface area (Å²) in [5.74, 6) is 0.127. The summed E-state index contributed by atoms with van der Waals surface area (Å²) in [6, 6.07) is 5.46. The van der Waals surface area contributed by atoms with Crippen molar-refractivity contribution < 1.29 is 9.90 Å². The minimum Gasteiger partial charge on any atom is -0.506 e. The lowest BCUT2D eigenvalue weighted by Gasteiger charge is -2.20. The maximum Gasteiger partial charge on any atom is 0.224 e. The highest BCUT2D eigenvalue weighted by atomic mass is 16.3. The number of hydrogen-bond acceptors (Lipinski definition) is 2. The van der Waals surface area contributed by atoms with E-state index in [9.17, 15) is 9.90 Å². The van der Waals surface area contributed by atoms with Crippen LogP contribution in [0.15, 0.2) is 18.2 Å². The van der Waals surface area contributed by atoms with Gasteiger partial charge in [-0.25, -0.2) is 0 Å². The zero-order valence-electron chi connectivity index (χ0n) is 18.1. The third-order valence-electron chi connectivity index (χ3n) is 5.14. The molecule has 0 radical (unpaired) electrons. The van der Waals surface area contributed by atoms with E-state index in [1.165, 1.54) is 57.8 Å². The monoisotopic (exact) mass is 375 g/mol. The van der Waals surface area contributed by atoms with E-state index in [2.05, 4.69) is 33.0 Å². The molecule has 0 fully saturated rings. The number of phenolic OH excluding ortho intramolecular Hbond substituents is 1. The number of phenols is 1. The molecule has 0 aromatic heterocycles. The molecule has 3 nitrogen and oxygen atoms in total. The van der Waals surface area contributed by atoms with Crippen molar-refractivity contribution in [2.45, 2.75) is 110 Å². The van der Waals surface area contributed by atoms with Crippen LogP contribution in [0.4, 0.5) is 5.69 Å². The normalized spacial score (nSPS) is 11.6. The second kappa shape index (κ2) is 12.8. The van der Waals surface area contributed by atoms with E-state index in [1.54, 1.807) is 6.07 Å². The van der Waals surface area contributed by atoms with Crippen LogP contribution in [0.3, 0.4) is 0 Å². The van der Waals surface area contributed by atoms with Gasteiger partial charge >= 0.3 is 0 Å². The van der Waals surface area contributed by atoms with Crippen LogP contribution in [-0.2, 0) is 10.2 Å². The Morgan fingerprint density at radius 3 is 1.93 bits per heavy atom. The molecule has 0 aliphatic rings. The van der Waals surface area contributed by atoms with Gasteiger partial charge < -0.3 is 10.4 Å². The standard InChI is InChI=1S/C24H41NO2/c1-5-6-7-8-9-10-11-12-13-14-15-16-23(27)25-21-19-20(24(2,3)4)17-18-22(21)26/h17-19,26H,5-16H2,1-4H3,(H,25,27). The number of amides is 1. The Balaban J connectivity index is 2.16. The van der Waals surface area contributed by atoms with Crippen molar-refractivity contribution >= 4 is 11.6 Å². The van der Waals surface area contributed by atoms with Crippen LogP contribution in [0, 0.1) is 0 Å². The zero-order chi connectivity index (χ0) is 20.1. The number of benzene rings is 1. The molecule has 0 saturated carbocycles. The van der Waals surface area contributed by atoms with Gasteiger partial charge in [-0.1, -0.05) is 98.0 Å². The lowest BCUT2D eigenvalue weighted by atomic mass is 9.87. The molecule has 0 heterocycles. The molecule has 2 N–H and O–H groups in total. The number of nitrogens with one attached hydrogen (secondary N) is 1. The average Bonchev–Trinajstić information content (AvgIpc) is 2.60. The topological polar surface area (TPSA) is 49.3 Å². The van der Waals surface area contributed by atoms with Gasteiger partial charge in [0, 0.05) is 6.42 Å². The number of aromatic hydroxyl groups is 1. The lowest BCUT2D eigenvalue weighted by molar-refractivity contribution is -0.116. The molecule has 0 atom stereocenters. The van der Waals surface area contributed by atoms with Gasteiger partial charge in [-0.15, -0.1) is 0 Å². The van der Waals surface area contributed by atoms with E-state index >= 15 is 0 Å². The Bertz CT molecular complexity index is 546. The highest BCUT2D eigenvalue weighted by Gasteiger charge is 2.16. The first-order chi connectivity index (χ1) is 12.8. The number of hydrogen-bond donors (Lipinski definition) is 2. The van der Waals surface area contributed by atoms with Crippen molar-refractivity contribution in [3.8, 4) is 5.75 Å². The molecule has 0 bridgehead atoms. The zero-order valence-corrected chi connectivity index (χ0v) is 18.1. The van der Waals surface area contributed by atoms with Crippen molar-refractivity contribution in [3.05, 3.63) is 23.8 Å². The first kappa shape index (κ1) is 23.5. The van der Waals surface area contributed by atoms with Gasteiger partial charge in [0.05, 0.1) is 5.69 Å². The molecule has 154 valence electrons. The summed E-state index contributed by atoms with van der Waals surface area (Å²) in [6.45, 7) is 8.62. The van der Waals surface area contributed by atoms with Crippen molar-refractivity contribution in [2.75, 3.05) is 5.32 Å². The Morgan fingerprint density at radius 1 is 0.889 bits per heavy atom. The summed E-state index contributed by atoms with van der Waals surface area (Å²) in [4.78, 5) is 12.2. The van der Waals surface area contributed by atoms with E-state index in [1.807, 2.05) is 12.1 Å². The Hall–Kier alpha value is -1.51. The molecular weight excluding hydrogens is 334 g/mol. The molecule has 0 aliphatic carbocycles. The van der Waals surface area contributed by atoms with Gasteiger partial charge in [0.25, 0.3) is 0 Å². The second-order valence-electron chi connectivity index (χ2n) is 8.82. The SMILES string of the molecule is CCCCCCCCCCCCCC(=O)Nc1cc(C(C)(C)C)ccc1O. The first-order valence-corrected chi connectivity index (χ1v) is 11.0. The first-order valence-electron chi connectivity index (χ1n) is 11.0. The van der Waals surface area contributed by atoms with Gasteiger partial charge in [0.1, 0.15) is 5.75 Å². The highest BCUT2D eigenvalue weighted by Crippen LogP contribution is 2.30. The predicted molar refractivity (Wildman–Crippen MR) is 117 cm³/mol. The second-order valence-corrected chi connectivity index (χ2v) is 8.82. The van der Waals surface area contributed by atoms with Crippen molar-refractivity contribution in [1.82, 2.24) is 0 Å². The molecule has 1 aromatic rings. The Kier molecular flexibility index (Phi) is 11.2. The summed E-state index contributed by atoms with van der Waals surface area (Å²) in [5.41, 5.74) is 1.61. The number of carbonyl (C=O) groups excluding carboxylic acids is 1. The summed E-state index contributed by atoms with van der Waals surface area (Å²) in [7, 11) is 0. The highest BCUT2D eigenvalue weighted by molar-refractivity contribution is 5.92. The van der Waals surface area contributed by atoms with Crippen LogP contribution in [0.2, 0.25) is 0 Å². The van der Waals surface area contributed by atoms with Gasteiger partial charge in [0.15, 0.2) is 0 Å². The van der Waals surface area contributed by atoms with Gasteiger partial charge in [-0.2, -0.15) is 0 Å². The Morgan fingerprint density at radius 2 is 1.41 bits per heavy atom. The maximum absolute atomic E-state index is 12.2. The molecule has 0 spiro atoms.